The number of nitrogens with one attached hydrogen (secondary N) is 2. The maximum absolute atomic E-state index is 12.5. The van der Waals surface area contributed by atoms with Crippen molar-refractivity contribution >= 4 is 6.03 Å². The zero-order valence-electron chi connectivity index (χ0n) is 13.3. The van der Waals surface area contributed by atoms with Gasteiger partial charge in [0.15, 0.2) is 5.76 Å². The molecular formula is C16H18F3N3O2. The van der Waals surface area contributed by atoms with Gasteiger partial charge in [-0.15, -0.1) is 0 Å². The Bertz CT molecular complexity index is 681. The minimum absolute atomic E-state index is 0.208. The summed E-state index contributed by atoms with van der Waals surface area (Å²) in [5, 5.41) is 9.05. The molecule has 2 rings (SSSR count). The van der Waals surface area contributed by atoms with Crippen LogP contribution in [-0.4, -0.2) is 17.2 Å². The Labute approximate surface area is 137 Å². The van der Waals surface area contributed by atoms with E-state index in [1.165, 1.54) is 12.1 Å². The van der Waals surface area contributed by atoms with Gasteiger partial charge in [0.2, 0.25) is 0 Å². The van der Waals surface area contributed by atoms with E-state index >= 15 is 0 Å². The molecule has 0 fully saturated rings. The van der Waals surface area contributed by atoms with E-state index in [9.17, 15) is 18.0 Å². The molecule has 0 bridgehead atoms. The number of halogens is 3. The van der Waals surface area contributed by atoms with E-state index in [0.29, 0.717) is 17.7 Å². The molecule has 0 radical (unpaired) electrons. The molecule has 24 heavy (non-hydrogen) atoms. The van der Waals surface area contributed by atoms with Crippen molar-refractivity contribution in [2.24, 2.45) is 0 Å². The van der Waals surface area contributed by atoms with Crippen molar-refractivity contribution in [2.45, 2.75) is 39.0 Å². The first-order valence-electron chi connectivity index (χ1n) is 7.37. The summed E-state index contributed by atoms with van der Waals surface area (Å²) in [6.07, 6.45) is -3.92. The van der Waals surface area contributed by atoms with Crippen LogP contribution in [0.4, 0.5) is 18.0 Å². The average Bonchev–Trinajstić information content (AvgIpc) is 2.90. The van der Waals surface area contributed by atoms with Crippen LogP contribution in [-0.2, 0) is 19.1 Å². The number of hydrogen-bond donors (Lipinski definition) is 2. The Kier molecular flexibility index (Phi) is 5.48. The highest BCUT2D eigenvalue weighted by Crippen LogP contribution is 2.29. The largest absolute Gasteiger partial charge is 0.416 e. The Morgan fingerprint density at radius 2 is 1.96 bits per heavy atom. The first kappa shape index (κ1) is 17.8. The minimum atomic E-state index is -4.35. The Balaban J connectivity index is 1.79. The van der Waals surface area contributed by atoms with Crippen LogP contribution in [0.25, 0.3) is 0 Å². The first-order valence-corrected chi connectivity index (χ1v) is 7.37. The molecule has 0 saturated carbocycles. The molecule has 0 aliphatic heterocycles. The quantitative estimate of drug-likeness (QED) is 0.875. The van der Waals surface area contributed by atoms with E-state index < -0.39 is 11.7 Å². The number of benzene rings is 1. The van der Waals surface area contributed by atoms with Gasteiger partial charge >= 0.3 is 12.2 Å². The molecule has 1 aromatic carbocycles. The number of alkyl halides is 3. The Morgan fingerprint density at radius 1 is 1.29 bits per heavy atom. The van der Waals surface area contributed by atoms with Gasteiger partial charge in [0.1, 0.15) is 0 Å². The molecule has 8 heteroatoms. The molecule has 2 N–H and O–H groups in total. The van der Waals surface area contributed by atoms with E-state index in [1.807, 2.05) is 0 Å². The number of nitrogens with zero attached hydrogens (tertiary/aromatic N) is 1. The second kappa shape index (κ2) is 7.37. The summed E-state index contributed by atoms with van der Waals surface area (Å²) < 4.78 is 42.5. The van der Waals surface area contributed by atoms with Gasteiger partial charge < -0.3 is 15.2 Å². The third-order valence-electron chi connectivity index (χ3n) is 3.30. The molecule has 2 aromatic rings. The van der Waals surface area contributed by atoms with Gasteiger partial charge in [0.05, 0.1) is 17.8 Å². The lowest BCUT2D eigenvalue weighted by Gasteiger charge is -2.15. The summed E-state index contributed by atoms with van der Waals surface area (Å²) in [6, 6.07) is 5.99. The van der Waals surface area contributed by atoms with Crippen molar-refractivity contribution in [3.63, 3.8) is 0 Å². The number of aromatic nitrogens is 1. The Hall–Kier alpha value is -2.51. The zero-order chi connectivity index (χ0) is 17.7. The van der Waals surface area contributed by atoms with Crippen LogP contribution in [0.15, 0.2) is 34.9 Å². The van der Waals surface area contributed by atoms with E-state index in [1.54, 1.807) is 19.9 Å². The summed E-state index contributed by atoms with van der Waals surface area (Å²) in [7, 11) is 0. The molecule has 0 unspecified atom stereocenters. The first-order chi connectivity index (χ1) is 11.2. The van der Waals surface area contributed by atoms with E-state index in [2.05, 4.69) is 15.8 Å². The van der Waals surface area contributed by atoms with Crippen LogP contribution < -0.4 is 10.6 Å². The molecule has 0 aliphatic rings. The molecule has 1 atom stereocenters. The maximum atomic E-state index is 12.5. The lowest BCUT2D eigenvalue weighted by molar-refractivity contribution is -0.137. The van der Waals surface area contributed by atoms with Gasteiger partial charge in [0, 0.05) is 12.1 Å². The van der Waals surface area contributed by atoms with Crippen molar-refractivity contribution < 1.29 is 22.5 Å². The van der Waals surface area contributed by atoms with Crippen molar-refractivity contribution in [1.29, 1.82) is 0 Å². The van der Waals surface area contributed by atoms with Gasteiger partial charge in [-0.05, 0) is 38.0 Å². The van der Waals surface area contributed by atoms with E-state index in [-0.39, 0.29) is 18.6 Å². The van der Waals surface area contributed by atoms with Gasteiger partial charge in [-0.25, -0.2) is 4.79 Å². The predicted octanol–water partition coefficient (Wildman–Crippen LogP) is 3.43. The molecule has 5 nitrogen and oxygen atoms in total. The fourth-order valence-corrected chi connectivity index (χ4v) is 2.18. The van der Waals surface area contributed by atoms with Gasteiger partial charge in [-0.2, -0.15) is 13.2 Å². The molecule has 2 amide bonds. The number of amides is 2. The van der Waals surface area contributed by atoms with Crippen molar-refractivity contribution in [3.05, 3.63) is 52.9 Å². The molecule has 130 valence electrons. The second-order valence-electron chi connectivity index (χ2n) is 5.56. The fourth-order valence-electron chi connectivity index (χ4n) is 2.18. The molecule has 0 spiro atoms. The maximum Gasteiger partial charge on any atom is 0.416 e. The van der Waals surface area contributed by atoms with Crippen molar-refractivity contribution in [1.82, 2.24) is 15.8 Å². The minimum Gasteiger partial charge on any atom is -0.359 e. The van der Waals surface area contributed by atoms with Crippen LogP contribution in [0, 0.1) is 6.92 Å². The van der Waals surface area contributed by atoms with Crippen LogP contribution in [0.5, 0.6) is 0 Å². The normalized spacial score (nSPS) is 12.7. The number of carbonyl (C=O) groups is 1. The summed E-state index contributed by atoms with van der Waals surface area (Å²) >= 11 is 0. The fraction of sp³-hybridized carbons (Fsp3) is 0.375. The second-order valence-corrected chi connectivity index (χ2v) is 5.56. The zero-order valence-corrected chi connectivity index (χ0v) is 13.3. The topological polar surface area (TPSA) is 67.2 Å². The van der Waals surface area contributed by atoms with Crippen LogP contribution in [0.3, 0.4) is 0 Å². The summed E-state index contributed by atoms with van der Waals surface area (Å²) in [5.41, 5.74) is 0.747. The van der Waals surface area contributed by atoms with Crippen LogP contribution in [0.1, 0.15) is 29.5 Å². The number of carbonyl (C=O) groups excluding carboxylic acids is 1. The number of rotatable bonds is 5. The SMILES string of the molecule is Cc1cc(CNC(=O)N[C@H](C)Cc2ccc(C(F)(F)F)cc2)on1. The van der Waals surface area contributed by atoms with Gasteiger partial charge in [0.25, 0.3) is 0 Å². The number of aryl methyl sites for hydroxylation is 1. The number of urea groups is 1. The predicted molar refractivity (Wildman–Crippen MR) is 81.2 cm³/mol. The number of hydrogen-bond acceptors (Lipinski definition) is 3. The average molecular weight is 341 g/mol. The smallest absolute Gasteiger partial charge is 0.359 e. The van der Waals surface area contributed by atoms with E-state index in [0.717, 1.165) is 17.8 Å². The summed E-state index contributed by atoms with van der Waals surface area (Å²) in [5.74, 6) is 0.540. The lowest BCUT2D eigenvalue weighted by Crippen LogP contribution is -2.41. The van der Waals surface area contributed by atoms with Crippen LogP contribution in [0.2, 0.25) is 0 Å². The third kappa shape index (κ3) is 5.29. The highest BCUT2D eigenvalue weighted by molar-refractivity contribution is 5.74. The molecule has 1 heterocycles. The van der Waals surface area contributed by atoms with Gasteiger partial charge in [-0.1, -0.05) is 17.3 Å². The van der Waals surface area contributed by atoms with Crippen molar-refractivity contribution in [3.8, 4) is 0 Å². The molecular weight excluding hydrogens is 323 g/mol. The molecule has 1 aromatic heterocycles. The standard InChI is InChI=1S/C16H18F3N3O2/c1-10(7-12-3-5-13(6-4-12)16(17,18)19)21-15(23)20-9-14-8-11(2)22-24-14/h3-6,8,10H,7,9H2,1-2H3,(H2,20,21,23)/t10-/m1/s1. The van der Waals surface area contributed by atoms with Crippen molar-refractivity contribution in [2.75, 3.05) is 0 Å². The summed E-state index contributed by atoms with van der Waals surface area (Å²) in [6.45, 7) is 3.76. The monoisotopic (exact) mass is 341 g/mol. The highest BCUT2D eigenvalue weighted by atomic mass is 19.4. The molecule has 0 saturated heterocycles. The molecule has 0 aliphatic carbocycles. The highest BCUT2D eigenvalue weighted by Gasteiger charge is 2.29. The lowest BCUT2D eigenvalue weighted by atomic mass is 10.1. The van der Waals surface area contributed by atoms with Gasteiger partial charge in [-0.3, -0.25) is 0 Å². The summed E-state index contributed by atoms with van der Waals surface area (Å²) in [4.78, 5) is 11.8. The van der Waals surface area contributed by atoms with E-state index in [4.69, 9.17) is 4.52 Å². The van der Waals surface area contributed by atoms with Crippen LogP contribution >= 0.6 is 0 Å². The Morgan fingerprint density at radius 3 is 2.50 bits per heavy atom. The third-order valence-corrected chi connectivity index (χ3v) is 3.30.